The number of fused-ring (bicyclic) bond motifs is 1. The van der Waals surface area contributed by atoms with Crippen LogP contribution in [-0.4, -0.2) is 51.7 Å². The molecule has 0 aliphatic carbocycles. The number of piperidine rings is 1. The molecule has 6 nitrogen and oxygen atoms in total. The Kier molecular flexibility index (Phi) is 7.95. The molecular formula is C29H33ClN4O2S. The minimum atomic E-state index is -0.392. The van der Waals surface area contributed by atoms with E-state index in [4.69, 9.17) is 17.3 Å². The SMILES string of the molecule is C[C@@H](CCc1cc(-n2cnc3ccc(C4CCN(CCO)CC4)cc32)sc1C(N)=O)c1ccccc1Cl. The van der Waals surface area contributed by atoms with Crippen LogP contribution >= 0.6 is 22.9 Å². The summed E-state index contributed by atoms with van der Waals surface area (Å²) < 4.78 is 2.08. The Labute approximate surface area is 226 Å². The van der Waals surface area contributed by atoms with Crippen molar-refractivity contribution in [3.63, 3.8) is 0 Å². The molecule has 1 fully saturated rings. The molecule has 0 saturated carbocycles. The Balaban J connectivity index is 1.38. The summed E-state index contributed by atoms with van der Waals surface area (Å²) >= 11 is 7.84. The molecule has 3 heterocycles. The molecule has 1 amide bonds. The van der Waals surface area contributed by atoms with Gasteiger partial charge in [0.1, 0.15) is 11.3 Å². The zero-order valence-corrected chi connectivity index (χ0v) is 22.6. The number of carbonyl (C=O) groups is 1. The Morgan fingerprint density at radius 2 is 2.00 bits per heavy atom. The van der Waals surface area contributed by atoms with E-state index >= 15 is 0 Å². The fourth-order valence-corrected chi connectivity index (χ4v) is 6.78. The number of benzene rings is 2. The first-order valence-electron chi connectivity index (χ1n) is 12.9. The van der Waals surface area contributed by atoms with Gasteiger partial charge in [-0.25, -0.2) is 4.98 Å². The standard InChI is InChI=1S/C29H33ClN4O2S/c1-19(23-4-2-3-5-24(23)30)6-7-22-17-27(37-28(22)29(31)36)34-18-32-25-9-8-21(16-26(25)34)20-10-12-33(13-11-20)14-15-35/h2-5,8-9,16-20,35H,6-7,10-15H2,1H3,(H2,31,36)/t19-/m0/s1. The topological polar surface area (TPSA) is 84.4 Å². The predicted molar refractivity (Wildman–Crippen MR) is 151 cm³/mol. The van der Waals surface area contributed by atoms with Crippen molar-refractivity contribution in [2.75, 3.05) is 26.2 Å². The van der Waals surface area contributed by atoms with Gasteiger partial charge in [-0.3, -0.25) is 9.36 Å². The number of nitrogens with zero attached hydrogens (tertiary/aromatic N) is 3. The monoisotopic (exact) mass is 536 g/mol. The van der Waals surface area contributed by atoms with E-state index in [1.807, 2.05) is 24.5 Å². The van der Waals surface area contributed by atoms with Crippen molar-refractivity contribution in [2.24, 2.45) is 5.73 Å². The Bertz CT molecular complexity index is 1390. The third-order valence-corrected chi connectivity index (χ3v) is 9.12. The average molecular weight is 537 g/mol. The van der Waals surface area contributed by atoms with Crippen LogP contribution < -0.4 is 5.73 Å². The molecule has 0 radical (unpaired) electrons. The highest BCUT2D eigenvalue weighted by Crippen LogP contribution is 2.34. The van der Waals surface area contributed by atoms with E-state index in [1.54, 1.807) is 0 Å². The molecule has 2 aromatic carbocycles. The maximum absolute atomic E-state index is 12.3. The molecular weight excluding hydrogens is 504 g/mol. The zero-order chi connectivity index (χ0) is 25.9. The third kappa shape index (κ3) is 5.60. The maximum Gasteiger partial charge on any atom is 0.259 e. The molecule has 8 heteroatoms. The molecule has 4 aromatic rings. The summed E-state index contributed by atoms with van der Waals surface area (Å²) in [6.45, 7) is 5.14. The summed E-state index contributed by atoms with van der Waals surface area (Å²) in [5.41, 5.74) is 11.2. The molecule has 1 atom stereocenters. The van der Waals surface area contributed by atoms with Crippen LogP contribution in [0.2, 0.25) is 5.02 Å². The number of nitrogens with two attached hydrogens (primary N) is 1. The highest BCUT2D eigenvalue weighted by atomic mass is 35.5. The van der Waals surface area contributed by atoms with Crippen molar-refractivity contribution >= 4 is 39.9 Å². The number of likely N-dealkylation sites (tertiary alicyclic amines) is 1. The number of aromatic nitrogens is 2. The molecule has 1 saturated heterocycles. The minimum absolute atomic E-state index is 0.213. The summed E-state index contributed by atoms with van der Waals surface area (Å²) in [6, 6.07) is 16.5. The van der Waals surface area contributed by atoms with Crippen LogP contribution in [0.1, 0.15) is 64.4 Å². The van der Waals surface area contributed by atoms with Gasteiger partial charge in [0.05, 0.1) is 22.5 Å². The number of hydrogen-bond acceptors (Lipinski definition) is 5. The molecule has 0 unspecified atom stereocenters. The molecule has 37 heavy (non-hydrogen) atoms. The highest BCUT2D eigenvalue weighted by molar-refractivity contribution is 7.16. The van der Waals surface area contributed by atoms with Gasteiger partial charge < -0.3 is 15.7 Å². The molecule has 2 aromatic heterocycles. The van der Waals surface area contributed by atoms with Crippen LogP contribution in [-0.2, 0) is 6.42 Å². The maximum atomic E-state index is 12.3. The van der Waals surface area contributed by atoms with Gasteiger partial charge in [-0.05, 0) is 91.6 Å². The number of aliphatic hydroxyl groups is 1. The van der Waals surface area contributed by atoms with E-state index in [0.717, 1.165) is 77.5 Å². The second-order valence-electron chi connectivity index (χ2n) is 9.97. The van der Waals surface area contributed by atoms with E-state index in [9.17, 15) is 9.90 Å². The van der Waals surface area contributed by atoms with Gasteiger partial charge >= 0.3 is 0 Å². The van der Waals surface area contributed by atoms with Crippen LogP contribution in [0.15, 0.2) is 54.9 Å². The second kappa shape index (κ2) is 11.4. The number of aryl methyl sites for hydroxylation is 1. The van der Waals surface area contributed by atoms with Crippen molar-refractivity contribution < 1.29 is 9.90 Å². The Morgan fingerprint density at radius 3 is 2.73 bits per heavy atom. The largest absolute Gasteiger partial charge is 0.395 e. The van der Waals surface area contributed by atoms with Crippen molar-refractivity contribution in [3.05, 3.63) is 81.4 Å². The lowest BCUT2D eigenvalue weighted by Gasteiger charge is -2.31. The predicted octanol–water partition coefficient (Wildman–Crippen LogP) is 5.75. The van der Waals surface area contributed by atoms with Gasteiger partial charge in [-0.1, -0.05) is 42.8 Å². The lowest BCUT2D eigenvalue weighted by atomic mass is 9.89. The summed E-state index contributed by atoms with van der Waals surface area (Å²) in [5, 5.41) is 11.0. The lowest BCUT2D eigenvalue weighted by Crippen LogP contribution is -2.34. The number of aliphatic hydroxyl groups excluding tert-OH is 1. The minimum Gasteiger partial charge on any atom is -0.395 e. The lowest BCUT2D eigenvalue weighted by molar-refractivity contribution is 0.100. The number of rotatable bonds is 9. The number of halogens is 1. The number of thiophene rings is 1. The van der Waals surface area contributed by atoms with E-state index in [2.05, 4.69) is 51.7 Å². The molecule has 1 aliphatic rings. The summed E-state index contributed by atoms with van der Waals surface area (Å²) in [7, 11) is 0. The molecule has 0 bridgehead atoms. The Hall–Kier alpha value is -2.71. The normalized spacial score (nSPS) is 15.9. The third-order valence-electron chi connectivity index (χ3n) is 7.59. The van der Waals surface area contributed by atoms with Crippen molar-refractivity contribution in [3.8, 4) is 5.00 Å². The van der Waals surface area contributed by atoms with E-state index in [0.29, 0.717) is 10.8 Å². The molecule has 3 N–H and O–H groups in total. The number of imidazole rings is 1. The number of hydrogen-bond donors (Lipinski definition) is 2. The van der Waals surface area contributed by atoms with Crippen molar-refractivity contribution in [1.82, 2.24) is 14.5 Å². The zero-order valence-electron chi connectivity index (χ0n) is 21.1. The first kappa shape index (κ1) is 25.9. The second-order valence-corrected chi connectivity index (χ2v) is 11.4. The number of primary amides is 1. The van der Waals surface area contributed by atoms with Gasteiger partial charge in [0.25, 0.3) is 5.91 Å². The highest BCUT2D eigenvalue weighted by Gasteiger charge is 2.22. The van der Waals surface area contributed by atoms with Gasteiger partial charge in [0, 0.05) is 11.6 Å². The smallest absolute Gasteiger partial charge is 0.259 e. The molecule has 194 valence electrons. The fourth-order valence-electron chi connectivity index (χ4n) is 5.41. The Morgan fingerprint density at radius 1 is 1.22 bits per heavy atom. The van der Waals surface area contributed by atoms with E-state index in [-0.39, 0.29) is 12.5 Å². The number of β-amino-alcohol motifs (C(OH)–C–C–N with tert-alkyl or cyclic N) is 1. The van der Waals surface area contributed by atoms with Crippen molar-refractivity contribution in [1.29, 1.82) is 0 Å². The summed E-state index contributed by atoms with van der Waals surface area (Å²) in [4.78, 5) is 19.9. The van der Waals surface area contributed by atoms with Crippen LogP contribution in [0.4, 0.5) is 0 Å². The van der Waals surface area contributed by atoms with Gasteiger partial charge in [-0.2, -0.15) is 0 Å². The van der Waals surface area contributed by atoms with Crippen LogP contribution in [0.3, 0.4) is 0 Å². The molecule has 5 rings (SSSR count). The quantitative estimate of drug-likeness (QED) is 0.285. The summed E-state index contributed by atoms with van der Waals surface area (Å²) in [5.74, 6) is 0.365. The van der Waals surface area contributed by atoms with Gasteiger partial charge in [0.15, 0.2) is 0 Å². The van der Waals surface area contributed by atoms with Crippen molar-refractivity contribution in [2.45, 2.75) is 44.4 Å². The van der Waals surface area contributed by atoms with E-state index in [1.165, 1.54) is 16.9 Å². The van der Waals surface area contributed by atoms with Crippen LogP contribution in [0.25, 0.3) is 16.0 Å². The average Bonchev–Trinajstić information content (AvgIpc) is 3.52. The fraction of sp³-hybridized carbons (Fsp3) is 0.379. The number of carbonyl (C=O) groups excluding carboxylic acids is 1. The molecule has 1 aliphatic heterocycles. The number of amides is 1. The van der Waals surface area contributed by atoms with Crippen LogP contribution in [0, 0.1) is 0 Å². The van der Waals surface area contributed by atoms with E-state index < -0.39 is 5.91 Å². The summed E-state index contributed by atoms with van der Waals surface area (Å²) in [6.07, 6.45) is 5.61. The van der Waals surface area contributed by atoms with Gasteiger partial charge in [0.2, 0.25) is 0 Å². The first-order valence-corrected chi connectivity index (χ1v) is 14.1. The van der Waals surface area contributed by atoms with Gasteiger partial charge in [-0.15, -0.1) is 11.3 Å². The first-order chi connectivity index (χ1) is 17.9. The molecule has 0 spiro atoms. The van der Waals surface area contributed by atoms with Crippen LogP contribution in [0.5, 0.6) is 0 Å².